The highest BCUT2D eigenvalue weighted by molar-refractivity contribution is 7.90. The van der Waals surface area contributed by atoms with Gasteiger partial charge >= 0.3 is 0 Å². The zero-order chi connectivity index (χ0) is 19.8. The fourth-order valence-corrected chi connectivity index (χ4v) is 4.29. The van der Waals surface area contributed by atoms with E-state index in [0.29, 0.717) is 12.6 Å². The summed E-state index contributed by atoms with van der Waals surface area (Å²) in [6.07, 6.45) is 5.61. The maximum absolute atomic E-state index is 11.3. The molecule has 0 amide bonds. The lowest BCUT2D eigenvalue weighted by Gasteiger charge is -2.37. The van der Waals surface area contributed by atoms with Crippen molar-refractivity contribution in [1.82, 2.24) is 4.90 Å². The molecule has 4 nitrogen and oxygen atoms in total. The van der Waals surface area contributed by atoms with Gasteiger partial charge in [-0.15, -0.1) is 0 Å². The Morgan fingerprint density at radius 2 is 1.36 bits per heavy atom. The highest BCUT2D eigenvalue weighted by atomic mass is 32.2. The van der Waals surface area contributed by atoms with E-state index in [9.17, 15) is 8.42 Å². The molecule has 0 atom stereocenters. The molecule has 28 heavy (non-hydrogen) atoms. The normalized spacial score (nSPS) is 20.4. The second-order valence-corrected chi connectivity index (χ2v) is 10.1. The molecule has 0 radical (unpaired) electrons. The van der Waals surface area contributed by atoms with Gasteiger partial charge < -0.3 is 4.74 Å². The van der Waals surface area contributed by atoms with Crippen LogP contribution in [0.25, 0.3) is 0 Å². The van der Waals surface area contributed by atoms with Gasteiger partial charge in [-0.3, -0.25) is 4.90 Å². The van der Waals surface area contributed by atoms with E-state index < -0.39 is 9.84 Å². The van der Waals surface area contributed by atoms with Crippen LogP contribution in [0.4, 0.5) is 0 Å². The van der Waals surface area contributed by atoms with Crippen molar-refractivity contribution in [2.24, 2.45) is 0 Å². The van der Waals surface area contributed by atoms with Crippen LogP contribution in [-0.2, 0) is 27.7 Å². The molecule has 1 aliphatic rings. The van der Waals surface area contributed by atoms with Gasteiger partial charge in [0.25, 0.3) is 0 Å². The Hall–Kier alpha value is -1.69. The van der Waals surface area contributed by atoms with E-state index in [0.717, 1.165) is 38.8 Å². The first kappa shape index (κ1) is 21.0. The first-order chi connectivity index (χ1) is 13.5. The quantitative estimate of drug-likeness (QED) is 0.636. The maximum Gasteiger partial charge on any atom is 0.149 e. The molecule has 3 rings (SSSR count). The molecule has 1 aliphatic carbocycles. The van der Waals surface area contributed by atoms with Crippen molar-refractivity contribution >= 4 is 9.84 Å². The minimum Gasteiger partial charge on any atom is -0.377 e. The van der Waals surface area contributed by atoms with Crippen molar-refractivity contribution in [3.8, 4) is 0 Å². The number of hydrogen-bond acceptors (Lipinski definition) is 4. The Labute approximate surface area is 169 Å². The van der Waals surface area contributed by atoms with E-state index in [-0.39, 0.29) is 11.9 Å². The third-order valence-electron chi connectivity index (χ3n) is 5.42. The van der Waals surface area contributed by atoms with Gasteiger partial charge in [0, 0.05) is 25.4 Å². The molecule has 0 unspecified atom stereocenters. The zero-order valence-electron chi connectivity index (χ0n) is 16.7. The molecular weight excluding hydrogens is 370 g/mol. The molecule has 0 bridgehead atoms. The van der Waals surface area contributed by atoms with Crippen LogP contribution in [-0.4, -0.2) is 44.1 Å². The summed E-state index contributed by atoms with van der Waals surface area (Å²) < 4.78 is 28.4. The SMILES string of the molecule is CS(=O)(=O)CCO[C@H]1CC[C@H](N(Cc2ccccc2)Cc2ccccc2)CC1. The van der Waals surface area contributed by atoms with E-state index in [1.165, 1.54) is 17.4 Å². The second kappa shape index (κ2) is 10.2. The van der Waals surface area contributed by atoms with Gasteiger partial charge in [-0.2, -0.15) is 0 Å². The molecular formula is C23H31NO3S. The Bertz CT molecular complexity index is 759. The molecule has 1 fully saturated rings. The lowest BCUT2D eigenvalue weighted by molar-refractivity contribution is 0.0114. The average molecular weight is 402 g/mol. The number of nitrogens with zero attached hydrogens (tertiary/aromatic N) is 1. The monoisotopic (exact) mass is 401 g/mol. The summed E-state index contributed by atoms with van der Waals surface area (Å²) in [4.78, 5) is 2.58. The van der Waals surface area contributed by atoms with Crippen molar-refractivity contribution in [2.45, 2.75) is 50.9 Å². The molecule has 5 heteroatoms. The summed E-state index contributed by atoms with van der Waals surface area (Å²) in [6.45, 7) is 2.20. The number of hydrogen-bond donors (Lipinski definition) is 0. The summed E-state index contributed by atoms with van der Waals surface area (Å²) in [5.41, 5.74) is 2.68. The van der Waals surface area contributed by atoms with Crippen LogP contribution in [0.3, 0.4) is 0 Å². The van der Waals surface area contributed by atoms with Gasteiger partial charge in [0.2, 0.25) is 0 Å². The lowest BCUT2D eigenvalue weighted by Crippen LogP contribution is -2.39. The standard InChI is InChI=1S/C23H31NO3S/c1-28(25,26)17-16-27-23-14-12-22(13-15-23)24(18-20-8-4-2-5-9-20)19-21-10-6-3-7-11-21/h2-11,22-23H,12-19H2,1H3/t22-,23-. The highest BCUT2D eigenvalue weighted by Crippen LogP contribution is 2.27. The Morgan fingerprint density at radius 1 is 0.857 bits per heavy atom. The van der Waals surface area contributed by atoms with Crippen LogP contribution in [0.2, 0.25) is 0 Å². The largest absolute Gasteiger partial charge is 0.377 e. The second-order valence-electron chi connectivity index (χ2n) is 7.81. The summed E-state index contributed by atoms with van der Waals surface area (Å²) in [5, 5.41) is 0. The van der Waals surface area contributed by atoms with Gasteiger partial charge in [-0.1, -0.05) is 60.7 Å². The minimum absolute atomic E-state index is 0.112. The van der Waals surface area contributed by atoms with Gasteiger partial charge in [0.1, 0.15) is 9.84 Å². The van der Waals surface area contributed by atoms with Crippen LogP contribution >= 0.6 is 0 Å². The first-order valence-electron chi connectivity index (χ1n) is 10.1. The molecule has 0 spiro atoms. The van der Waals surface area contributed by atoms with Crippen molar-refractivity contribution in [2.75, 3.05) is 18.6 Å². The number of sulfone groups is 1. The maximum atomic E-state index is 11.3. The van der Waals surface area contributed by atoms with Crippen molar-refractivity contribution in [3.05, 3.63) is 71.8 Å². The first-order valence-corrected chi connectivity index (χ1v) is 12.2. The molecule has 0 saturated heterocycles. The number of benzene rings is 2. The van der Waals surface area contributed by atoms with Crippen molar-refractivity contribution < 1.29 is 13.2 Å². The van der Waals surface area contributed by atoms with E-state index in [1.54, 1.807) is 0 Å². The predicted molar refractivity (Wildman–Crippen MR) is 114 cm³/mol. The van der Waals surface area contributed by atoms with Crippen LogP contribution < -0.4 is 0 Å². The Kier molecular flexibility index (Phi) is 7.65. The number of rotatable bonds is 9. The molecule has 1 saturated carbocycles. The molecule has 152 valence electrons. The molecule has 0 aromatic heterocycles. The summed E-state index contributed by atoms with van der Waals surface area (Å²) in [5.74, 6) is 0.112. The third kappa shape index (κ3) is 7.04. The molecule has 2 aromatic rings. The van der Waals surface area contributed by atoms with Gasteiger partial charge in [-0.05, 0) is 36.8 Å². The fourth-order valence-electron chi connectivity index (χ4n) is 3.89. The summed E-state index contributed by atoms with van der Waals surface area (Å²) in [7, 11) is -2.95. The van der Waals surface area contributed by atoms with E-state index in [4.69, 9.17) is 4.74 Å². The average Bonchev–Trinajstić information content (AvgIpc) is 2.69. The van der Waals surface area contributed by atoms with E-state index in [1.807, 2.05) is 0 Å². The van der Waals surface area contributed by atoms with Crippen LogP contribution in [0.5, 0.6) is 0 Å². The smallest absolute Gasteiger partial charge is 0.149 e. The van der Waals surface area contributed by atoms with Crippen LogP contribution in [0.1, 0.15) is 36.8 Å². The molecule has 2 aromatic carbocycles. The highest BCUT2D eigenvalue weighted by Gasteiger charge is 2.26. The molecule has 0 N–H and O–H groups in total. The fraction of sp³-hybridized carbons (Fsp3) is 0.478. The Balaban J connectivity index is 1.58. The van der Waals surface area contributed by atoms with Crippen LogP contribution in [0, 0.1) is 0 Å². The lowest BCUT2D eigenvalue weighted by atomic mass is 9.91. The van der Waals surface area contributed by atoms with Gasteiger partial charge in [0.15, 0.2) is 0 Å². The zero-order valence-corrected chi connectivity index (χ0v) is 17.5. The molecule has 0 aliphatic heterocycles. The third-order valence-corrected chi connectivity index (χ3v) is 6.33. The minimum atomic E-state index is -2.95. The van der Waals surface area contributed by atoms with E-state index >= 15 is 0 Å². The predicted octanol–water partition coefficient (Wildman–Crippen LogP) is 4.06. The topological polar surface area (TPSA) is 46.6 Å². The summed E-state index contributed by atoms with van der Waals surface area (Å²) >= 11 is 0. The van der Waals surface area contributed by atoms with E-state index in [2.05, 4.69) is 65.6 Å². The number of ether oxygens (including phenoxy) is 1. The van der Waals surface area contributed by atoms with Crippen molar-refractivity contribution in [3.63, 3.8) is 0 Å². The molecule has 0 heterocycles. The summed E-state index contributed by atoms with van der Waals surface area (Å²) in [6, 6.07) is 21.8. The Morgan fingerprint density at radius 3 is 1.82 bits per heavy atom. The van der Waals surface area contributed by atoms with Gasteiger partial charge in [0.05, 0.1) is 18.5 Å². The van der Waals surface area contributed by atoms with Crippen molar-refractivity contribution in [1.29, 1.82) is 0 Å². The van der Waals surface area contributed by atoms with Gasteiger partial charge in [-0.25, -0.2) is 8.42 Å². The van der Waals surface area contributed by atoms with Crippen LogP contribution in [0.15, 0.2) is 60.7 Å².